The second-order valence-electron chi connectivity index (χ2n) is 5.19. The summed E-state index contributed by atoms with van der Waals surface area (Å²) in [5.74, 6) is 0.924. The van der Waals surface area contributed by atoms with E-state index < -0.39 is 0 Å². The first kappa shape index (κ1) is 13.2. The van der Waals surface area contributed by atoms with Gasteiger partial charge in [-0.15, -0.1) is 0 Å². The Hall–Kier alpha value is -1.22. The molecule has 0 amide bonds. The monoisotopic (exact) mass is 248 g/mol. The van der Waals surface area contributed by atoms with Crippen LogP contribution in [-0.4, -0.2) is 38.2 Å². The summed E-state index contributed by atoms with van der Waals surface area (Å²) in [6.45, 7) is 4.38. The summed E-state index contributed by atoms with van der Waals surface area (Å²) in [6.07, 6.45) is 4.01. The molecular weight excluding hydrogens is 224 g/mol. The van der Waals surface area contributed by atoms with Gasteiger partial charge in [0.1, 0.15) is 5.75 Å². The smallest absolute Gasteiger partial charge is 0.119 e. The van der Waals surface area contributed by atoms with Crippen molar-refractivity contribution >= 4 is 5.69 Å². The van der Waals surface area contributed by atoms with Gasteiger partial charge in [0, 0.05) is 18.3 Å². The third-order valence-electron chi connectivity index (χ3n) is 3.88. The average Bonchev–Trinajstić information content (AvgIpc) is 2.39. The minimum atomic E-state index is 0.667. The van der Waals surface area contributed by atoms with E-state index in [1.165, 1.54) is 37.1 Å². The van der Waals surface area contributed by atoms with Gasteiger partial charge >= 0.3 is 0 Å². The van der Waals surface area contributed by atoms with Crippen LogP contribution in [0, 0.1) is 6.92 Å². The Labute approximate surface area is 110 Å². The number of ether oxygens (including phenoxy) is 1. The zero-order chi connectivity index (χ0) is 13.0. The van der Waals surface area contributed by atoms with Crippen LogP contribution in [0.5, 0.6) is 5.75 Å². The fraction of sp³-hybridized carbons (Fsp3) is 0.600. The van der Waals surface area contributed by atoms with Crippen molar-refractivity contribution in [2.45, 2.75) is 32.2 Å². The zero-order valence-corrected chi connectivity index (χ0v) is 11.7. The molecule has 0 bridgehead atoms. The molecule has 1 aliphatic rings. The molecule has 0 aliphatic carbocycles. The third kappa shape index (κ3) is 3.16. The van der Waals surface area contributed by atoms with Crippen LogP contribution in [0.4, 0.5) is 5.69 Å². The first-order valence-electron chi connectivity index (χ1n) is 6.79. The number of anilines is 1. The van der Waals surface area contributed by atoms with Crippen molar-refractivity contribution in [3.63, 3.8) is 0 Å². The van der Waals surface area contributed by atoms with Gasteiger partial charge in [-0.3, -0.25) is 0 Å². The van der Waals surface area contributed by atoms with Gasteiger partial charge in [0.05, 0.1) is 7.11 Å². The minimum Gasteiger partial charge on any atom is -0.497 e. The summed E-state index contributed by atoms with van der Waals surface area (Å²) in [5, 5.41) is 3.57. The van der Waals surface area contributed by atoms with E-state index in [-0.39, 0.29) is 0 Å². The molecule has 1 aliphatic heterocycles. The predicted molar refractivity (Wildman–Crippen MR) is 76.5 cm³/mol. The summed E-state index contributed by atoms with van der Waals surface area (Å²) in [4.78, 5) is 2.47. The fourth-order valence-electron chi connectivity index (χ4n) is 2.59. The highest BCUT2D eigenvalue weighted by Gasteiger charge is 2.18. The Bertz CT molecular complexity index is 392. The van der Waals surface area contributed by atoms with Crippen molar-refractivity contribution in [1.82, 2.24) is 4.90 Å². The predicted octanol–water partition coefficient (Wildman–Crippen LogP) is 2.90. The number of rotatable bonds is 4. The highest BCUT2D eigenvalue weighted by Crippen LogP contribution is 2.22. The van der Waals surface area contributed by atoms with Crippen molar-refractivity contribution < 1.29 is 4.74 Å². The number of benzene rings is 1. The number of likely N-dealkylation sites (N-methyl/N-ethyl adjacent to an activating group) is 1. The summed E-state index contributed by atoms with van der Waals surface area (Å²) < 4.78 is 5.23. The van der Waals surface area contributed by atoms with Gasteiger partial charge in [-0.25, -0.2) is 0 Å². The Balaban J connectivity index is 1.93. The van der Waals surface area contributed by atoms with Gasteiger partial charge in [-0.05, 0) is 57.1 Å². The van der Waals surface area contributed by atoms with E-state index >= 15 is 0 Å². The summed E-state index contributed by atoms with van der Waals surface area (Å²) in [7, 11) is 3.94. The van der Waals surface area contributed by atoms with Crippen molar-refractivity contribution in [2.75, 3.05) is 32.6 Å². The first-order chi connectivity index (χ1) is 8.70. The highest BCUT2D eigenvalue weighted by molar-refractivity contribution is 5.53. The maximum absolute atomic E-state index is 5.23. The molecule has 0 radical (unpaired) electrons. The maximum atomic E-state index is 5.23. The standard InChI is InChI=1S/C15H24N2O/c1-12-10-14(18-3)7-8-15(12)16-11-13-6-4-5-9-17(13)2/h7-8,10,13,16H,4-6,9,11H2,1-3H3. The number of hydrogen-bond donors (Lipinski definition) is 1. The van der Waals surface area contributed by atoms with Crippen LogP contribution in [0.25, 0.3) is 0 Å². The van der Waals surface area contributed by atoms with Gasteiger partial charge in [-0.2, -0.15) is 0 Å². The summed E-state index contributed by atoms with van der Waals surface area (Å²) >= 11 is 0. The second-order valence-corrected chi connectivity index (χ2v) is 5.19. The van der Waals surface area contributed by atoms with Crippen LogP contribution in [0.3, 0.4) is 0 Å². The topological polar surface area (TPSA) is 24.5 Å². The molecule has 1 N–H and O–H groups in total. The molecule has 100 valence electrons. The van der Waals surface area contributed by atoms with Crippen molar-refractivity contribution in [2.24, 2.45) is 0 Å². The largest absolute Gasteiger partial charge is 0.497 e. The molecule has 2 rings (SSSR count). The van der Waals surface area contributed by atoms with Crippen LogP contribution >= 0.6 is 0 Å². The lowest BCUT2D eigenvalue weighted by molar-refractivity contribution is 0.194. The van der Waals surface area contributed by atoms with E-state index in [1.807, 2.05) is 6.07 Å². The summed E-state index contributed by atoms with van der Waals surface area (Å²) in [6, 6.07) is 6.87. The average molecular weight is 248 g/mol. The molecule has 3 nitrogen and oxygen atoms in total. The van der Waals surface area contributed by atoms with Crippen LogP contribution in [0.15, 0.2) is 18.2 Å². The Kier molecular flexibility index (Phi) is 4.48. The van der Waals surface area contributed by atoms with Crippen molar-refractivity contribution in [1.29, 1.82) is 0 Å². The SMILES string of the molecule is COc1ccc(NCC2CCCCN2C)c(C)c1. The Morgan fingerprint density at radius 2 is 2.22 bits per heavy atom. The fourth-order valence-corrected chi connectivity index (χ4v) is 2.59. The normalized spacial score (nSPS) is 20.7. The van der Waals surface area contributed by atoms with E-state index in [0.717, 1.165) is 12.3 Å². The molecule has 1 atom stereocenters. The van der Waals surface area contributed by atoms with E-state index in [1.54, 1.807) is 7.11 Å². The first-order valence-corrected chi connectivity index (χ1v) is 6.79. The Morgan fingerprint density at radius 3 is 2.89 bits per heavy atom. The number of nitrogens with one attached hydrogen (secondary N) is 1. The maximum Gasteiger partial charge on any atom is 0.119 e. The second kappa shape index (κ2) is 6.10. The molecule has 3 heteroatoms. The summed E-state index contributed by atoms with van der Waals surface area (Å²) in [5.41, 5.74) is 2.46. The molecule has 18 heavy (non-hydrogen) atoms. The number of aryl methyl sites for hydroxylation is 1. The van der Waals surface area contributed by atoms with Crippen LogP contribution < -0.4 is 10.1 Å². The number of hydrogen-bond acceptors (Lipinski definition) is 3. The number of nitrogens with zero attached hydrogens (tertiary/aromatic N) is 1. The quantitative estimate of drug-likeness (QED) is 0.886. The Morgan fingerprint density at radius 1 is 1.39 bits per heavy atom. The van der Waals surface area contributed by atoms with Crippen LogP contribution in [-0.2, 0) is 0 Å². The molecule has 1 saturated heterocycles. The zero-order valence-electron chi connectivity index (χ0n) is 11.7. The van der Waals surface area contributed by atoms with E-state index in [4.69, 9.17) is 4.74 Å². The number of methoxy groups -OCH3 is 1. The molecular formula is C15H24N2O. The molecule has 1 fully saturated rings. The van der Waals surface area contributed by atoms with E-state index in [2.05, 4.69) is 36.3 Å². The van der Waals surface area contributed by atoms with Crippen molar-refractivity contribution in [3.05, 3.63) is 23.8 Å². The molecule has 0 aromatic heterocycles. The lowest BCUT2D eigenvalue weighted by Crippen LogP contribution is -2.40. The van der Waals surface area contributed by atoms with Gasteiger partial charge in [-0.1, -0.05) is 6.42 Å². The van der Waals surface area contributed by atoms with Crippen LogP contribution in [0.2, 0.25) is 0 Å². The lowest BCUT2D eigenvalue weighted by atomic mass is 10.0. The van der Waals surface area contributed by atoms with Gasteiger partial charge in [0.15, 0.2) is 0 Å². The third-order valence-corrected chi connectivity index (χ3v) is 3.88. The minimum absolute atomic E-state index is 0.667. The molecule has 1 unspecified atom stereocenters. The molecule has 1 heterocycles. The van der Waals surface area contributed by atoms with E-state index in [0.29, 0.717) is 6.04 Å². The molecule has 0 saturated carbocycles. The van der Waals surface area contributed by atoms with Gasteiger partial charge < -0.3 is 15.0 Å². The lowest BCUT2D eigenvalue weighted by Gasteiger charge is -2.32. The molecule has 1 aromatic rings. The number of likely N-dealkylation sites (tertiary alicyclic amines) is 1. The van der Waals surface area contributed by atoms with Crippen molar-refractivity contribution in [3.8, 4) is 5.75 Å². The number of piperidine rings is 1. The van der Waals surface area contributed by atoms with Gasteiger partial charge in [0.2, 0.25) is 0 Å². The van der Waals surface area contributed by atoms with E-state index in [9.17, 15) is 0 Å². The van der Waals surface area contributed by atoms with Crippen LogP contribution in [0.1, 0.15) is 24.8 Å². The molecule has 0 spiro atoms. The van der Waals surface area contributed by atoms with Gasteiger partial charge in [0.25, 0.3) is 0 Å². The highest BCUT2D eigenvalue weighted by atomic mass is 16.5. The molecule has 1 aromatic carbocycles.